The van der Waals surface area contributed by atoms with E-state index >= 15 is 0 Å². The van der Waals surface area contributed by atoms with Crippen LogP contribution in [-0.4, -0.2) is 55.3 Å². The van der Waals surface area contributed by atoms with Crippen LogP contribution in [0.2, 0.25) is 0 Å². The zero-order valence-electron chi connectivity index (χ0n) is 17.1. The molecule has 0 bridgehead atoms. The minimum Gasteiger partial charge on any atom is -0.306 e. The Kier molecular flexibility index (Phi) is 7.88. The van der Waals surface area contributed by atoms with Crippen molar-refractivity contribution in [3.63, 3.8) is 0 Å². The van der Waals surface area contributed by atoms with Crippen molar-refractivity contribution in [3.8, 4) is 0 Å². The molecule has 0 unspecified atom stereocenters. The number of aliphatic imine (C=N–C) groups is 1. The fourth-order valence-corrected chi connectivity index (χ4v) is 3.75. The lowest BCUT2D eigenvalue weighted by molar-refractivity contribution is 0.0507. The average molecular weight is 334 g/mol. The summed E-state index contributed by atoms with van der Waals surface area (Å²) >= 11 is 0. The first-order valence-corrected chi connectivity index (χ1v) is 9.34. The molecule has 24 heavy (non-hydrogen) atoms. The summed E-state index contributed by atoms with van der Waals surface area (Å²) in [4.78, 5) is 8.93. The summed E-state index contributed by atoms with van der Waals surface area (Å²) in [6.45, 7) is 17.6. The number of piperidine rings is 1. The van der Waals surface area contributed by atoms with Crippen molar-refractivity contribution in [1.29, 1.82) is 0 Å². The Labute approximate surface area is 150 Å². The molecule has 0 saturated carbocycles. The third-order valence-corrected chi connectivity index (χ3v) is 5.86. The molecule has 0 aromatic rings. The van der Waals surface area contributed by atoms with E-state index in [1.165, 1.54) is 44.3 Å². The van der Waals surface area contributed by atoms with Crippen LogP contribution in [-0.2, 0) is 0 Å². The molecule has 0 aromatic carbocycles. The smallest absolute Gasteiger partial charge is 0.0263 e. The fraction of sp³-hybridized carbons (Fsp3) is 0.762. The number of likely N-dealkylation sites (tertiary alicyclic amines) is 1. The van der Waals surface area contributed by atoms with E-state index in [-0.39, 0.29) is 11.0 Å². The molecule has 3 nitrogen and oxygen atoms in total. The molecule has 0 spiro atoms. The van der Waals surface area contributed by atoms with Crippen LogP contribution in [0.25, 0.3) is 0 Å². The summed E-state index contributed by atoms with van der Waals surface area (Å²) in [6, 6.07) is 0.750. The molecule has 1 heterocycles. The maximum atomic E-state index is 3.86. The van der Waals surface area contributed by atoms with Gasteiger partial charge in [0.25, 0.3) is 0 Å². The van der Waals surface area contributed by atoms with Gasteiger partial charge in [-0.1, -0.05) is 19.9 Å². The molecular formula is C21H39N3. The Morgan fingerprint density at radius 1 is 1.17 bits per heavy atom. The second kappa shape index (κ2) is 8.96. The molecule has 1 rings (SSSR count). The van der Waals surface area contributed by atoms with Gasteiger partial charge < -0.3 is 4.90 Å². The molecule has 0 aliphatic carbocycles. The lowest BCUT2D eigenvalue weighted by Crippen LogP contribution is -2.51. The van der Waals surface area contributed by atoms with E-state index in [1.54, 1.807) is 6.20 Å². The molecule has 1 saturated heterocycles. The van der Waals surface area contributed by atoms with Gasteiger partial charge in [0.15, 0.2) is 0 Å². The number of hydrogen-bond donors (Lipinski definition) is 0. The lowest BCUT2D eigenvalue weighted by Gasteiger charge is -2.45. The van der Waals surface area contributed by atoms with Gasteiger partial charge in [0, 0.05) is 30.9 Å². The van der Waals surface area contributed by atoms with Gasteiger partial charge >= 0.3 is 0 Å². The zero-order valence-corrected chi connectivity index (χ0v) is 17.1. The maximum absolute atomic E-state index is 3.86. The van der Waals surface area contributed by atoms with Crippen molar-refractivity contribution in [3.05, 3.63) is 23.9 Å². The summed E-state index contributed by atoms with van der Waals surface area (Å²) in [5.41, 5.74) is 1.76. The van der Waals surface area contributed by atoms with Crippen molar-refractivity contribution in [2.75, 3.05) is 27.2 Å². The molecule has 0 amide bonds. The maximum Gasteiger partial charge on any atom is 0.0263 e. The molecule has 0 radical (unpaired) electrons. The standard InChI is InChI=1S/C21H39N3/c1-9-18(10-15-22-6)20(2,3)13-14-21(4,5)24-16-11-19(12-17-24)23(7)8/h9-10,15,19H,6,11-14,16-17H2,1-5,7-8H3/b15-10-,18-9+. The van der Waals surface area contributed by atoms with Crippen LogP contribution in [0.5, 0.6) is 0 Å². The third kappa shape index (κ3) is 5.86. The van der Waals surface area contributed by atoms with Crippen molar-refractivity contribution < 1.29 is 0 Å². The molecule has 0 N–H and O–H groups in total. The predicted octanol–water partition coefficient (Wildman–Crippen LogP) is 4.76. The SMILES string of the molecule is C=N/C=C\C(=C/C)C(C)(C)CCC(C)(C)N1CCC(N(C)C)CC1. The van der Waals surface area contributed by atoms with Gasteiger partial charge in [-0.05, 0) is 84.3 Å². The fourth-order valence-electron chi connectivity index (χ4n) is 3.75. The average Bonchev–Trinajstić information content (AvgIpc) is 2.54. The highest BCUT2D eigenvalue weighted by Gasteiger charge is 2.33. The highest BCUT2D eigenvalue weighted by atomic mass is 15.2. The van der Waals surface area contributed by atoms with Gasteiger partial charge in [-0.2, -0.15) is 0 Å². The number of rotatable bonds is 8. The highest BCUT2D eigenvalue weighted by Crippen LogP contribution is 2.36. The summed E-state index contributed by atoms with van der Waals surface area (Å²) in [5.74, 6) is 0. The topological polar surface area (TPSA) is 18.8 Å². The Bertz CT molecular complexity index is 450. The van der Waals surface area contributed by atoms with Crippen LogP contribution >= 0.6 is 0 Å². The van der Waals surface area contributed by atoms with Crippen molar-refractivity contribution >= 4 is 6.72 Å². The summed E-state index contributed by atoms with van der Waals surface area (Å²) in [7, 11) is 4.41. The molecule has 1 fully saturated rings. The molecule has 0 atom stereocenters. The molecule has 3 heteroatoms. The van der Waals surface area contributed by atoms with E-state index < -0.39 is 0 Å². The number of hydrogen-bond acceptors (Lipinski definition) is 3. The molecule has 0 aromatic heterocycles. The van der Waals surface area contributed by atoms with E-state index in [0.29, 0.717) is 0 Å². The van der Waals surface area contributed by atoms with E-state index in [9.17, 15) is 0 Å². The van der Waals surface area contributed by atoms with Gasteiger partial charge in [-0.25, -0.2) is 0 Å². The van der Waals surface area contributed by atoms with Crippen LogP contribution in [0.4, 0.5) is 0 Å². The monoisotopic (exact) mass is 333 g/mol. The largest absolute Gasteiger partial charge is 0.306 e. The number of allylic oxidation sites excluding steroid dienone is 3. The van der Waals surface area contributed by atoms with E-state index in [4.69, 9.17) is 0 Å². The first-order valence-electron chi connectivity index (χ1n) is 9.34. The molecule has 138 valence electrons. The Balaban J connectivity index is 2.64. The van der Waals surface area contributed by atoms with E-state index in [0.717, 1.165) is 6.04 Å². The van der Waals surface area contributed by atoms with Crippen molar-refractivity contribution in [2.45, 2.75) is 71.9 Å². The normalized spacial score (nSPS) is 19.4. The highest BCUT2D eigenvalue weighted by molar-refractivity contribution is 5.30. The zero-order chi connectivity index (χ0) is 18.4. The molecule has 1 aliphatic heterocycles. The Hall–Kier alpha value is -0.930. The summed E-state index contributed by atoms with van der Waals surface area (Å²) in [5, 5.41) is 0. The van der Waals surface area contributed by atoms with Gasteiger partial charge in [-0.15, -0.1) is 0 Å². The van der Waals surface area contributed by atoms with Crippen LogP contribution in [0.15, 0.2) is 28.9 Å². The van der Waals surface area contributed by atoms with Gasteiger partial charge in [0.2, 0.25) is 0 Å². The summed E-state index contributed by atoms with van der Waals surface area (Å²) < 4.78 is 0. The van der Waals surface area contributed by atoms with E-state index in [2.05, 4.69) is 82.4 Å². The summed E-state index contributed by atoms with van der Waals surface area (Å²) in [6.07, 6.45) is 11.1. The number of nitrogens with zero attached hydrogens (tertiary/aromatic N) is 3. The first kappa shape index (κ1) is 21.1. The minimum absolute atomic E-state index is 0.162. The Morgan fingerprint density at radius 3 is 2.21 bits per heavy atom. The van der Waals surface area contributed by atoms with Crippen LogP contribution < -0.4 is 0 Å². The second-order valence-corrected chi connectivity index (χ2v) is 8.62. The minimum atomic E-state index is 0.162. The van der Waals surface area contributed by atoms with Crippen molar-refractivity contribution in [1.82, 2.24) is 9.80 Å². The quantitative estimate of drug-likeness (QED) is 0.471. The third-order valence-electron chi connectivity index (χ3n) is 5.86. The lowest BCUT2D eigenvalue weighted by atomic mass is 9.76. The van der Waals surface area contributed by atoms with Crippen molar-refractivity contribution in [2.24, 2.45) is 10.4 Å². The molecular weight excluding hydrogens is 294 g/mol. The van der Waals surface area contributed by atoms with Crippen LogP contribution in [0.3, 0.4) is 0 Å². The van der Waals surface area contributed by atoms with Gasteiger partial charge in [0.05, 0.1) is 0 Å². The van der Waals surface area contributed by atoms with Gasteiger partial charge in [0.1, 0.15) is 0 Å². The van der Waals surface area contributed by atoms with E-state index in [1.807, 2.05) is 0 Å². The first-order chi connectivity index (χ1) is 11.1. The second-order valence-electron chi connectivity index (χ2n) is 8.62. The van der Waals surface area contributed by atoms with Crippen LogP contribution in [0.1, 0.15) is 60.3 Å². The van der Waals surface area contributed by atoms with Crippen LogP contribution in [0, 0.1) is 5.41 Å². The van der Waals surface area contributed by atoms with Gasteiger partial charge in [-0.3, -0.25) is 9.89 Å². The molecule has 1 aliphatic rings. The predicted molar refractivity (Wildman–Crippen MR) is 108 cm³/mol. The Morgan fingerprint density at radius 2 is 1.75 bits per heavy atom.